The number of hydrogen-bond donors (Lipinski definition) is 1. The van der Waals surface area contributed by atoms with Crippen LogP contribution < -0.4 is 5.43 Å². The Balaban J connectivity index is 1.77. The van der Waals surface area contributed by atoms with Gasteiger partial charge in [-0.15, -0.1) is 0 Å². The molecule has 0 unspecified atom stereocenters. The molecule has 2 amide bonds. The van der Waals surface area contributed by atoms with Gasteiger partial charge in [-0.05, 0) is 52.4 Å². The van der Waals surface area contributed by atoms with Gasteiger partial charge in [0.05, 0.1) is 4.91 Å². The van der Waals surface area contributed by atoms with Crippen LogP contribution in [0.1, 0.15) is 16.1 Å². The number of nitrogens with one attached hydrogen (secondary N) is 1. The van der Waals surface area contributed by atoms with Crippen LogP contribution in [0.3, 0.4) is 0 Å². The Kier molecular flexibility index (Phi) is 4.65. The van der Waals surface area contributed by atoms with Crippen molar-refractivity contribution in [3.63, 3.8) is 0 Å². The van der Waals surface area contributed by atoms with Crippen LogP contribution in [0.2, 0.25) is 0 Å². The van der Waals surface area contributed by atoms with E-state index in [2.05, 4.69) is 21.4 Å². The highest BCUT2D eigenvalue weighted by Gasteiger charge is 2.34. The summed E-state index contributed by atoms with van der Waals surface area (Å²) in [6.07, 6.45) is 1.58. The number of amides is 2. The minimum Gasteiger partial charge on any atom is -0.450 e. The van der Waals surface area contributed by atoms with Crippen LogP contribution >= 0.6 is 39.9 Å². The highest BCUT2D eigenvalue weighted by atomic mass is 79.9. The summed E-state index contributed by atoms with van der Waals surface area (Å²) in [6, 6.07) is 12.1. The predicted octanol–water partition coefficient (Wildman–Crippen LogP) is 3.59. The van der Waals surface area contributed by atoms with E-state index in [0.29, 0.717) is 20.9 Å². The molecule has 0 spiro atoms. The van der Waals surface area contributed by atoms with Crippen molar-refractivity contribution in [3.05, 3.63) is 63.4 Å². The summed E-state index contributed by atoms with van der Waals surface area (Å²) < 4.78 is 6.17. The number of thiocarbonyl (C=S) groups is 1. The van der Waals surface area contributed by atoms with E-state index >= 15 is 0 Å². The van der Waals surface area contributed by atoms with Gasteiger partial charge in [-0.1, -0.05) is 30.0 Å². The fourth-order valence-corrected chi connectivity index (χ4v) is 3.33. The van der Waals surface area contributed by atoms with E-state index in [1.807, 2.05) is 0 Å². The molecule has 8 heteroatoms. The third-order valence-electron chi connectivity index (χ3n) is 2.91. The second-order valence-electron chi connectivity index (χ2n) is 4.47. The minimum absolute atomic E-state index is 0.260. The Hall–Kier alpha value is -1.90. The van der Waals surface area contributed by atoms with Crippen LogP contribution in [0.4, 0.5) is 0 Å². The molecule has 3 rings (SSSR count). The number of furan rings is 1. The lowest BCUT2D eigenvalue weighted by molar-refractivity contribution is -0.123. The average molecular weight is 409 g/mol. The summed E-state index contributed by atoms with van der Waals surface area (Å²) in [5.41, 5.74) is 2.96. The van der Waals surface area contributed by atoms with Crippen molar-refractivity contribution in [3.8, 4) is 0 Å². The van der Waals surface area contributed by atoms with Crippen LogP contribution in [0, 0.1) is 0 Å². The minimum atomic E-state index is -0.399. The maximum Gasteiger partial charge on any atom is 0.285 e. The fourth-order valence-electron chi connectivity index (χ4n) is 1.85. The molecule has 2 aromatic rings. The number of halogens is 1. The van der Waals surface area contributed by atoms with Gasteiger partial charge in [-0.2, -0.15) is 5.01 Å². The van der Waals surface area contributed by atoms with Crippen molar-refractivity contribution in [2.24, 2.45) is 0 Å². The predicted molar refractivity (Wildman–Crippen MR) is 95.3 cm³/mol. The number of benzene rings is 1. The molecule has 1 aliphatic heterocycles. The van der Waals surface area contributed by atoms with Crippen LogP contribution in [0.5, 0.6) is 0 Å². The number of rotatable bonds is 3. The Labute approximate surface area is 149 Å². The molecule has 0 saturated carbocycles. The van der Waals surface area contributed by atoms with Crippen molar-refractivity contribution in [1.29, 1.82) is 0 Å². The third-order valence-corrected chi connectivity index (χ3v) is 4.64. The van der Waals surface area contributed by atoms with Crippen molar-refractivity contribution < 1.29 is 14.0 Å². The van der Waals surface area contributed by atoms with Crippen LogP contribution in [0.25, 0.3) is 6.08 Å². The van der Waals surface area contributed by atoms with Gasteiger partial charge in [-0.3, -0.25) is 15.0 Å². The fraction of sp³-hybridized carbons (Fsp3) is 0. The van der Waals surface area contributed by atoms with Crippen molar-refractivity contribution >= 4 is 62.1 Å². The number of thioether (sulfide) groups is 1. The SMILES string of the molecule is O=C(NN1C(=O)/C(=C/c2ccc(Br)o2)SC1=S)c1ccccc1. The largest absolute Gasteiger partial charge is 0.450 e. The van der Waals surface area contributed by atoms with Gasteiger partial charge in [0.2, 0.25) is 0 Å². The summed E-state index contributed by atoms with van der Waals surface area (Å²) in [7, 11) is 0. The number of hydrazine groups is 1. The normalized spacial score (nSPS) is 16.2. The first-order chi connectivity index (χ1) is 11.0. The Morgan fingerprint density at radius 2 is 2.00 bits per heavy atom. The number of carbonyl (C=O) groups is 2. The molecule has 23 heavy (non-hydrogen) atoms. The zero-order chi connectivity index (χ0) is 16.4. The summed E-state index contributed by atoms with van der Waals surface area (Å²) in [5.74, 6) is -0.271. The molecule has 0 radical (unpaired) electrons. The first-order valence-corrected chi connectivity index (χ1v) is 8.46. The van der Waals surface area contributed by atoms with Crippen LogP contribution in [-0.4, -0.2) is 21.1 Å². The van der Waals surface area contributed by atoms with Crippen molar-refractivity contribution in [1.82, 2.24) is 10.4 Å². The Morgan fingerprint density at radius 1 is 1.26 bits per heavy atom. The molecular weight excluding hydrogens is 400 g/mol. The smallest absolute Gasteiger partial charge is 0.285 e. The number of hydrogen-bond acceptors (Lipinski definition) is 5. The molecule has 1 aliphatic rings. The van der Waals surface area contributed by atoms with Crippen LogP contribution in [-0.2, 0) is 4.79 Å². The van der Waals surface area contributed by atoms with Gasteiger partial charge in [0.1, 0.15) is 5.76 Å². The van der Waals surface area contributed by atoms with E-state index < -0.39 is 11.8 Å². The Bertz CT molecular complexity index is 817. The number of nitrogens with zero attached hydrogens (tertiary/aromatic N) is 1. The van der Waals surface area contributed by atoms with E-state index in [9.17, 15) is 9.59 Å². The van der Waals surface area contributed by atoms with Gasteiger partial charge in [0.15, 0.2) is 8.99 Å². The molecule has 116 valence electrons. The highest BCUT2D eigenvalue weighted by Crippen LogP contribution is 2.32. The summed E-state index contributed by atoms with van der Waals surface area (Å²) in [4.78, 5) is 24.9. The second kappa shape index (κ2) is 6.69. The topological polar surface area (TPSA) is 62.6 Å². The standard InChI is InChI=1S/C15H9BrN2O3S2/c16-12-7-6-10(21-12)8-11-14(20)18(15(22)23-11)17-13(19)9-4-2-1-3-5-9/h1-8H,(H,17,19)/b11-8-. The van der Waals surface area contributed by atoms with E-state index in [0.717, 1.165) is 16.8 Å². The molecule has 1 fully saturated rings. The van der Waals surface area contributed by atoms with E-state index in [4.69, 9.17) is 16.6 Å². The molecule has 0 atom stereocenters. The van der Waals surface area contributed by atoms with E-state index in [1.54, 1.807) is 48.5 Å². The first-order valence-electron chi connectivity index (χ1n) is 6.44. The third kappa shape index (κ3) is 3.54. The van der Waals surface area contributed by atoms with E-state index in [1.165, 1.54) is 0 Å². The molecule has 0 bridgehead atoms. The first kappa shape index (κ1) is 16.0. The van der Waals surface area contributed by atoms with Gasteiger partial charge in [0.25, 0.3) is 11.8 Å². The molecule has 0 aliphatic carbocycles. The lowest BCUT2D eigenvalue weighted by Crippen LogP contribution is -2.44. The van der Waals surface area contributed by atoms with Gasteiger partial charge in [-0.25, -0.2) is 0 Å². The lowest BCUT2D eigenvalue weighted by Gasteiger charge is -2.15. The van der Waals surface area contributed by atoms with E-state index in [-0.39, 0.29) is 4.32 Å². The molecule has 2 heterocycles. The lowest BCUT2D eigenvalue weighted by atomic mass is 10.2. The molecule has 1 saturated heterocycles. The quantitative estimate of drug-likeness (QED) is 0.620. The molecule has 1 aromatic heterocycles. The maximum atomic E-state index is 12.4. The zero-order valence-electron chi connectivity index (χ0n) is 11.5. The summed E-state index contributed by atoms with van der Waals surface area (Å²) >= 11 is 9.46. The highest BCUT2D eigenvalue weighted by molar-refractivity contribution is 9.10. The average Bonchev–Trinajstić information content (AvgIpc) is 3.07. The molecular formula is C15H9BrN2O3S2. The summed E-state index contributed by atoms with van der Waals surface area (Å²) in [6.45, 7) is 0. The van der Waals surface area contributed by atoms with Gasteiger partial charge < -0.3 is 4.42 Å². The molecule has 1 N–H and O–H groups in total. The monoisotopic (exact) mass is 408 g/mol. The zero-order valence-corrected chi connectivity index (χ0v) is 14.7. The van der Waals surface area contributed by atoms with Crippen molar-refractivity contribution in [2.45, 2.75) is 0 Å². The second-order valence-corrected chi connectivity index (χ2v) is 6.92. The maximum absolute atomic E-state index is 12.4. The molecule has 5 nitrogen and oxygen atoms in total. The van der Waals surface area contributed by atoms with Crippen LogP contribution in [0.15, 0.2) is 56.5 Å². The van der Waals surface area contributed by atoms with Gasteiger partial charge >= 0.3 is 0 Å². The molecule has 1 aromatic carbocycles. The Morgan fingerprint density at radius 3 is 2.65 bits per heavy atom. The van der Waals surface area contributed by atoms with Crippen molar-refractivity contribution in [2.75, 3.05) is 0 Å². The number of carbonyl (C=O) groups excluding carboxylic acids is 2. The summed E-state index contributed by atoms with van der Waals surface area (Å²) in [5, 5.41) is 1.07. The van der Waals surface area contributed by atoms with Gasteiger partial charge in [0, 0.05) is 11.6 Å².